The molecule has 0 radical (unpaired) electrons. The third kappa shape index (κ3) is 66.8. The van der Waals surface area contributed by atoms with E-state index in [4.69, 9.17) is 37.0 Å². The van der Waals surface area contributed by atoms with Gasteiger partial charge in [-0.05, 0) is 83.5 Å². The summed E-state index contributed by atoms with van der Waals surface area (Å²) < 4.78 is 68.2. The minimum Gasteiger partial charge on any atom is -0.462 e. The van der Waals surface area contributed by atoms with Crippen LogP contribution in [0, 0.1) is 0 Å². The van der Waals surface area contributed by atoms with Crippen LogP contribution in [0.2, 0.25) is 0 Å². The van der Waals surface area contributed by atoms with E-state index >= 15 is 0 Å². The first-order valence-electron chi connectivity index (χ1n) is 36.8. The number of phosphoric acid groups is 2. The fourth-order valence-corrected chi connectivity index (χ4v) is 11.3. The summed E-state index contributed by atoms with van der Waals surface area (Å²) in [5.74, 6) is -2.26. The number of ether oxygens (including phenoxy) is 4. The highest BCUT2D eigenvalue weighted by atomic mass is 31.2. The van der Waals surface area contributed by atoms with Gasteiger partial charge in [0, 0.05) is 25.7 Å². The summed E-state index contributed by atoms with van der Waals surface area (Å²) in [6, 6.07) is 0. The third-order valence-corrected chi connectivity index (χ3v) is 17.3. The van der Waals surface area contributed by atoms with Crippen molar-refractivity contribution < 1.29 is 80.2 Å². The summed E-state index contributed by atoms with van der Waals surface area (Å²) in [5.41, 5.74) is 0. The zero-order chi connectivity index (χ0) is 69.0. The predicted molar refractivity (Wildman–Crippen MR) is 381 cm³/mol. The number of hydrogen-bond donors (Lipinski definition) is 3. The summed E-state index contributed by atoms with van der Waals surface area (Å²) in [4.78, 5) is 72.6. The average Bonchev–Trinajstić information content (AvgIpc) is 1.24. The van der Waals surface area contributed by atoms with Crippen molar-refractivity contribution in [1.82, 2.24) is 0 Å². The molecule has 0 amide bonds. The van der Waals surface area contributed by atoms with Crippen LogP contribution >= 0.6 is 15.6 Å². The van der Waals surface area contributed by atoms with Crippen LogP contribution in [-0.2, 0) is 65.4 Å². The second kappa shape index (κ2) is 67.8. The normalized spacial score (nSPS) is 14.5. The first-order chi connectivity index (χ1) is 45.7. The number of phosphoric ester groups is 2. The lowest BCUT2D eigenvalue weighted by molar-refractivity contribution is -0.161. The van der Waals surface area contributed by atoms with Crippen LogP contribution in [-0.4, -0.2) is 96.7 Å². The number of aliphatic hydroxyl groups is 1. The Kier molecular flexibility index (Phi) is 65.1. The molecular weight excluding hydrogens is 1230 g/mol. The van der Waals surface area contributed by atoms with E-state index in [1.165, 1.54) is 109 Å². The van der Waals surface area contributed by atoms with Gasteiger partial charge in [-0.25, -0.2) is 9.13 Å². The second-order valence-electron chi connectivity index (χ2n) is 24.5. The minimum absolute atomic E-state index is 0.0359. The van der Waals surface area contributed by atoms with Crippen LogP contribution in [0.1, 0.15) is 310 Å². The Labute approximate surface area is 570 Å². The van der Waals surface area contributed by atoms with Crippen molar-refractivity contribution >= 4 is 39.5 Å². The maximum absolute atomic E-state index is 13.0. The maximum Gasteiger partial charge on any atom is 0.472 e. The molecule has 0 saturated carbocycles. The van der Waals surface area contributed by atoms with Crippen molar-refractivity contribution in [3.8, 4) is 0 Å². The summed E-state index contributed by atoms with van der Waals surface area (Å²) in [5, 5.41) is 10.6. The Morgan fingerprint density at radius 1 is 0.309 bits per heavy atom. The fourth-order valence-electron chi connectivity index (χ4n) is 9.76. The number of allylic oxidation sites excluding steroid dienone is 14. The molecule has 0 bridgehead atoms. The van der Waals surface area contributed by atoms with Gasteiger partial charge in [-0.3, -0.25) is 37.3 Å². The Bertz CT molecular complexity index is 2120. The lowest BCUT2D eigenvalue weighted by Gasteiger charge is -2.21. The van der Waals surface area contributed by atoms with Crippen molar-refractivity contribution in [2.24, 2.45) is 0 Å². The van der Waals surface area contributed by atoms with Crippen LogP contribution in [0.5, 0.6) is 0 Å². The number of hydrogen-bond acceptors (Lipinski definition) is 15. The zero-order valence-electron chi connectivity index (χ0n) is 59.1. The quantitative estimate of drug-likeness (QED) is 0.0169. The van der Waals surface area contributed by atoms with E-state index in [1.807, 2.05) is 18.2 Å². The summed E-state index contributed by atoms with van der Waals surface area (Å²) in [7, 11) is -9.95. The van der Waals surface area contributed by atoms with E-state index < -0.39 is 97.5 Å². The molecule has 94 heavy (non-hydrogen) atoms. The smallest absolute Gasteiger partial charge is 0.462 e. The van der Waals surface area contributed by atoms with Crippen molar-refractivity contribution in [2.75, 3.05) is 39.6 Å². The number of esters is 4. The average molecular weight is 1370 g/mol. The van der Waals surface area contributed by atoms with Crippen LogP contribution < -0.4 is 0 Å². The van der Waals surface area contributed by atoms with Gasteiger partial charge >= 0.3 is 39.5 Å². The van der Waals surface area contributed by atoms with Gasteiger partial charge in [0.05, 0.1) is 26.4 Å². The molecule has 0 aromatic rings. The van der Waals surface area contributed by atoms with Crippen LogP contribution in [0.15, 0.2) is 85.1 Å². The van der Waals surface area contributed by atoms with Gasteiger partial charge in [-0.1, -0.05) is 286 Å². The van der Waals surface area contributed by atoms with Crippen LogP contribution in [0.4, 0.5) is 0 Å². The lowest BCUT2D eigenvalue weighted by Crippen LogP contribution is -2.30. The lowest BCUT2D eigenvalue weighted by atomic mass is 10.0. The highest BCUT2D eigenvalue weighted by Crippen LogP contribution is 2.45. The van der Waals surface area contributed by atoms with Crippen LogP contribution in [0.3, 0.4) is 0 Å². The number of carbonyl (C=O) groups is 4. The Morgan fingerprint density at radius 2 is 0.585 bits per heavy atom. The first-order valence-corrected chi connectivity index (χ1v) is 39.8. The molecule has 0 aromatic carbocycles. The third-order valence-electron chi connectivity index (χ3n) is 15.4. The molecule has 0 aromatic heterocycles. The monoisotopic (exact) mass is 1370 g/mol. The van der Waals surface area contributed by atoms with Crippen molar-refractivity contribution in [2.45, 2.75) is 329 Å². The maximum atomic E-state index is 13.0. The van der Waals surface area contributed by atoms with Gasteiger partial charge in [0.15, 0.2) is 12.2 Å². The Hall–Kier alpha value is -3.76. The largest absolute Gasteiger partial charge is 0.472 e. The second-order valence-corrected chi connectivity index (χ2v) is 27.4. The van der Waals surface area contributed by atoms with Gasteiger partial charge in [0.1, 0.15) is 19.3 Å². The van der Waals surface area contributed by atoms with Crippen molar-refractivity contribution in [3.63, 3.8) is 0 Å². The fraction of sp³-hybridized carbons (Fsp3) is 0.760. The number of rotatable bonds is 69. The Balaban J connectivity index is 5.33. The summed E-state index contributed by atoms with van der Waals surface area (Å²) in [6.45, 7) is 4.63. The van der Waals surface area contributed by atoms with Crippen molar-refractivity contribution in [3.05, 3.63) is 85.1 Å². The molecular formula is C75H132O17P2. The Morgan fingerprint density at radius 3 is 0.947 bits per heavy atom. The van der Waals surface area contributed by atoms with E-state index in [1.54, 1.807) is 0 Å². The van der Waals surface area contributed by atoms with E-state index in [2.05, 4.69) is 94.5 Å². The van der Waals surface area contributed by atoms with Crippen molar-refractivity contribution in [1.29, 1.82) is 0 Å². The van der Waals surface area contributed by atoms with Gasteiger partial charge < -0.3 is 33.8 Å². The van der Waals surface area contributed by atoms with Gasteiger partial charge in [0.25, 0.3) is 0 Å². The molecule has 0 aliphatic heterocycles. The topological polar surface area (TPSA) is 237 Å². The molecule has 0 spiro atoms. The van der Waals surface area contributed by atoms with E-state index in [9.17, 15) is 43.2 Å². The molecule has 17 nitrogen and oxygen atoms in total. The molecule has 0 heterocycles. The molecule has 5 unspecified atom stereocenters. The molecule has 0 aliphatic carbocycles. The molecule has 5 atom stereocenters. The van der Waals surface area contributed by atoms with E-state index in [0.29, 0.717) is 32.1 Å². The number of carbonyl (C=O) groups excluding carboxylic acids is 4. The number of unbranched alkanes of at least 4 members (excludes halogenated alkanes) is 29. The highest BCUT2D eigenvalue weighted by Gasteiger charge is 2.30. The minimum atomic E-state index is -4.98. The van der Waals surface area contributed by atoms with E-state index in [0.717, 1.165) is 116 Å². The molecule has 0 aliphatic rings. The molecule has 0 fully saturated rings. The van der Waals surface area contributed by atoms with Gasteiger partial charge in [-0.15, -0.1) is 0 Å². The summed E-state index contributed by atoms with van der Waals surface area (Å²) >= 11 is 0. The van der Waals surface area contributed by atoms with Gasteiger partial charge in [-0.2, -0.15) is 0 Å². The molecule has 0 rings (SSSR count). The number of aliphatic hydroxyl groups excluding tert-OH is 1. The zero-order valence-corrected chi connectivity index (χ0v) is 60.9. The predicted octanol–water partition coefficient (Wildman–Crippen LogP) is 20.7. The first kappa shape index (κ1) is 90.2. The summed E-state index contributed by atoms with van der Waals surface area (Å²) in [6.07, 6.45) is 67.5. The molecule has 544 valence electrons. The highest BCUT2D eigenvalue weighted by molar-refractivity contribution is 7.47. The molecule has 3 N–H and O–H groups in total. The molecule has 0 saturated heterocycles. The van der Waals surface area contributed by atoms with Gasteiger partial charge in [0.2, 0.25) is 0 Å². The van der Waals surface area contributed by atoms with E-state index in [-0.39, 0.29) is 25.7 Å². The standard InChI is InChI=1S/C75H132O17P2/c1-5-9-13-17-21-25-29-31-32-33-34-35-36-38-42-44-48-52-56-60-73(78)86-66-71(92-75(80)62-58-54-50-46-40-28-24-20-16-12-8-4)68-90-94(83,84)88-64-69(76)63-87-93(81,82)89-67-70(91-74(79)61-57-53-49-45-39-27-23-19-15-11-7-3)65-85-72(77)59-55-51-47-43-41-37-30-26-22-18-14-10-6-2/h9,13,20-21,24-25,31-32,34-35,38,42,48,52,69-71,76H,5-8,10-12,14-19,22-23,26-30,33,36-37,39-41,43-47,49-51,53-68H2,1-4H3,(H,81,82)(H,83,84)/b13-9-,24-20-,25-21-,32-31-,35-34-,42-38-,52-48-. The SMILES string of the molecule is CC/C=C\C/C=C\C/C=C\C/C=C\C/C=C\C/C=C\CCC(=O)OCC(COP(=O)(O)OCC(O)COP(=O)(O)OCC(COC(=O)CCCCCCCCCCCCCCC)OC(=O)CCCCCCCCCCCCC)OC(=O)CCCCCCC/C=C\CCCC. The molecule has 19 heteroatoms. The van der Waals surface area contributed by atoms with Crippen LogP contribution in [0.25, 0.3) is 0 Å².